The van der Waals surface area contributed by atoms with Gasteiger partial charge in [0.2, 0.25) is 0 Å². The SMILES string of the molecule is CCC[C@@]1(CCc2ccccc2)CO1. The van der Waals surface area contributed by atoms with E-state index in [2.05, 4.69) is 37.3 Å². The summed E-state index contributed by atoms with van der Waals surface area (Å²) in [6, 6.07) is 10.7. The fourth-order valence-corrected chi connectivity index (χ4v) is 1.99. The molecule has 1 fully saturated rings. The number of benzene rings is 1. The van der Waals surface area contributed by atoms with Crippen LogP contribution in [0.2, 0.25) is 0 Å². The first-order valence-electron chi connectivity index (χ1n) is 5.52. The first kappa shape index (κ1) is 9.72. The van der Waals surface area contributed by atoms with Crippen LogP contribution in [0.5, 0.6) is 0 Å². The fraction of sp³-hybridized carbons (Fsp3) is 0.538. The molecule has 1 heterocycles. The zero-order valence-corrected chi connectivity index (χ0v) is 8.83. The van der Waals surface area contributed by atoms with Gasteiger partial charge in [-0.05, 0) is 24.8 Å². The lowest BCUT2D eigenvalue weighted by atomic mass is 9.96. The molecule has 0 amide bonds. The van der Waals surface area contributed by atoms with Gasteiger partial charge in [-0.25, -0.2) is 0 Å². The van der Waals surface area contributed by atoms with Crippen molar-refractivity contribution in [3.8, 4) is 0 Å². The van der Waals surface area contributed by atoms with Gasteiger partial charge < -0.3 is 4.74 Å². The van der Waals surface area contributed by atoms with Crippen LogP contribution in [-0.2, 0) is 11.2 Å². The zero-order chi connectivity index (χ0) is 9.86. The van der Waals surface area contributed by atoms with E-state index in [0.29, 0.717) is 0 Å². The Labute approximate surface area is 86.1 Å². The van der Waals surface area contributed by atoms with Crippen LogP contribution in [0.4, 0.5) is 0 Å². The van der Waals surface area contributed by atoms with Gasteiger partial charge in [-0.1, -0.05) is 43.7 Å². The number of hydrogen-bond acceptors (Lipinski definition) is 1. The Morgan fingerprint density at radius 2 is 1.93 bits per heavy atom. The Bertz CT molecular complexity index is 275. The van der Waals surface area contributed by atoms with Gasteiger partial charge >= 0.3 is 0 Å². The molecule has 1 saturated heterocycles. The van der Waals surface area contributed by atoms with Crippen molar-refractivity contribution in [3.05, 3.63) is 35.9 Å². The normalized spacial score (nSPS) is 24.9. The van der Waals surface area contributed by atoms with Crippen molar-refractivity contribution < 1.29 is 4.74 Å². The van der Waals surface area contributed by atoms with E-state index >= 15 is 0 Å². The summed E-state index contributed by atoms with van der Waals surface area (Å²) in [5, 5.41) is 0. The molecule has 2 rings (SSSR count). The Balaban J connectivity index is 1.83. The molecule has 14 heavy (non-hydrogen) atoms. The van der Waals surface area contributed by atoms with Crippen LogP contribution in [0.25, 0.3) is 0 Å². The van der Waals surface area contributed by atoms with Gasteiger partial charge in [-0.2, -0.15) is 0 Å². The summed E-state index contributed by atoms with van der Waals surface area (Å²) in [4.78, 5) is 0. The Morgan fingerprint density at radius 3 is 2.50 bits per heavy atom. The molecule has 1 aromatic rings. The van der Waals surface area contributed by atoms with Gasteiger partial charge in [0.05, 0.1) is 12.2 Å². The topological polar surface area (TPSA) is 12.5 Å². The molecule has 0 unspecified atom stereocenters. The van der Waals surface area contributed by atoms with Crippen LogP contribution in [0.3, 0.4) is 0 Å². The lowest BCUT2D eigenvalue weighted by Crippen LogP contribution is -2.11. The maximum atomic E-state index is 5.56. The highest BCUT2D eigenvalue weighted by molar-refractivity contribution is 5.15. The van der Waals surface area contributed by atoms with Crippen molar-refractivity contribution in [1.29, 1.82) is 0 Å². The van der Waals surface area contributed by atoms with Crippen molar-refractivity contribution in [2.75, 3.05) is 6.61 Å². The molecule has 1 heteroatoms. The van der Waals surface area contributed by atoms with Gasteiger partial charge in [-0.15, -0.1) is 0 Å². The summed E-state index contributed by atoms with van der Waals surface area (Å²) >= 11 is 0. The molecule has 0 saturated carbocycles. The van der Waals surface area contributed by atoms with E-state index in [1.807, 2.05) is 0 Å². The van der Waals surface area contributed by atoms with E-state index in [1.165, 1.54) is 24.8 Å². The van der Waals surface area contributed by atoms with Crippen LogP contribution in [-0.4, -0.2) is 12.2 Å². The number of rotatable bonds is 5. The summed E-state index contributed by atoms with van der Waals surface area (Å²) in [6.45, 7) is 3.21. The molecular weight excluding hydrogens is 172 g/mol. The first-order chi connectivity index (χ1) is 6.85. The van der Waals surface area contributed by atoms with Crippen molar-refractivity contribution in [1.82, 2.24) is 0 Å². The van der Waals surface area contributed by atoms with E-state index in [0.717, 1.165) is 13.0 Å². The number of epoxide rings is 1. The van der Waals surface area contributed by atoms with Crippen LogP contribution in [0.15, 0.2) is 30.3 Å². The van der Waals surface area contributed by atoms with Crippen LogP contribution >= 0.6 is 0 Å². The van der Waals surface area contributed by atoms with Crippen molar-refractivity contribution in [2.24, 2.45) is 0 Å². The third-order valence-corrected chi connectivity index (χ3v) is 2.97. The smallest absolute Gasteiger partial charge is 0.0919 e. The second-order valence-electron chi connectivity index (χ2n) is 4.21. The molecular formula is C13H18O. The lowest BCUT2D eigenvalue weighted by molar-refractivity contribution is 0.272. The molecule has 0 radical (unpaired) electrons. The highest BCUT2D eigenvalue weighted by Gasteiger charge is 2.42. The molecule has 1 nitrogen and oxygen atoms in total. The van der Waals surface area contributed by atoms with Gasteiger partial charge in [0.15, 0.2) is 0 Å². The molecule has 1 atom stereocenters. The predicted octanol–water partition coefficient (Wildman–Crippen LogP) is 3.19. The molecule has 0 aliphatic carbocycles. The van der Waals surface area contributed by atoms with E-state index < -0.39 is 0 Å². The number of ether oxygens (including phenoxy) is 1. The fourth-order valence-electron chi connectivity index (χ4n) is 1.99. The van der Waals surface area contributed by atoms with Crippen molar-refractivity contribution in [3.63, 3.8) is 0 Å². The Hall–Kier alpha value is -0.820. The van der Waals surface area contributed by atoms with E-state index in [-0.39, 0.29) is 5.60 Å². The second-order valence-corrected chi connectivity index (χ2v) is 4.21. The predicted molar refractivity (Wildman–Crippen MR) is 58.4 cm³/mol. The van der Waals surface area contributed by atoms with E-state index in [9.17, 15) is 0 Å². The number of hydrogen-bond donors (Lipinski definition) is 0. The third-order valence-electron chi connectivity index (χ3n) is 2.97. The maximum absolute atomic E-state index is 5.56. The molecule has 0 spiro atoms. The molecule has 1 aliphatic rings. The van der Waals surface area contributed by atoms with E-state index in [4.69, 9.17) is 4.74 Å². The minimum atomic E-state index is 0.255. The van der Waals surface area contributed by atoms with Crippen LogP contribution in [0.1, 0.15) is 31.7 Å². The minimum absolute atomic E-state index is 0.255. The van der Waals surface area contributed by atoms with Gasteiger partial charge in [0.25, 0.3) is 0 Å². The average molecular weight is 190 g/mol. The third kappa shape index (κ3) is 2.36. The second kappa shape index (κ2) is 4.14. The maximum Gasteiger partial charge on any atom is 0.0919 e. The van der Waals surface area contributed by atoms with Crippen LogP contribution < -0.4 is 0 Å². The molecule has 1 aliphatic heterocycles. The summed E-state index contributed by atoms with van der Waals surface area (Å²) in [5.41, 5.74) is 1.68. The van der Waals surface area contributed by atoms with Gasteiger partial charge in [0.1, 0.15) is 0 Å². The minimum Gasteiger partial charge on any atom is -0.370 e. The van der Waals surface area contributed by atoms with Gasteiger partial charge in [-0.3, -0.25) is 0 Å². The largest absolute Gasteiger partial charge is 0.370 e. The van der Waals surface area contributed by atoms with Crippen molar-refractivity contribution >= 4 is 0 Å². The summed E-state index contributed by atoms with van der Waals surface area (Å²) in [6.07, 6.45) is 4.79. The standard InChI is InChI=1S/C13H18O/c1-2-9-13(11-14-13)10-8-12-6-4-3-5-7-12/h3-7H,2,8-11H2,1H3/t13-/m1/s1. The summed E-state index contributed by atoms with van der Waals surface area (Å²) < 4.78 is 5.56. The molecule has 0 aromatic heterocycles. The summed E-state index contributed by atoms with van der Waals surface area (Å²) in [5.74, 6) is 0. The highest BCUT2D eigenvalue weighted by atomic mass is 16.6. The zero-order valence-electron chi connectivity index (χ0n) is 8.83. The quantitative estimate of drug-likeness (QED) is 0.650. The average Bonchev–Trinajstić information content (AvgIpc) is 2.98. The Morgan fingerprint density at radius 1 is 1.21 bits per heavy atom. The molecule has 0 bridgehead atoms. The molecule has 0 N–H and O–H groups in total. The number of aryl methyl sites for hydroxylation is 1. The Kier molecular flexibility index (Phi) is 2.87. The first-order valence-corrected chi connectivity index (χ1v) is 5.52. The van der Waals surface area contributed by atoms with Gasteiger partial charge in [0, 0.05) is 0 Å². The van der Waals surface area contributed by atoms with Crippen molar-refractivity contribution in [2.45, 2.75) is 38.2 Å². The van der Waals surface area contributed by atoms with E-state index in [1.54, 1.807) is 0 Å². The van der Waals surface area contributed by atoms with Crippen LogP contribution in [0, 0.1) is 0 Å². The molecule has 1 aromatic carbocycles. The summed E-state index contributed by atoms with van der Waals surface area (Å²) in [7, 11) is 0. The lowest BCUT2D eigenvalue weighted by Gasteiger charge is -2.09. The molecule has 76 valence electrons. The monoisotopic (exact) mass is 190 g/mol. The highest BCUT2D eigenvalue weighted by Crippen LogP contribution is 2.36.